The van der Waals surface area contributed by atoms with Gasteiger partial charge < -0.3 is 14.4 Å². The van der Waals surface area contributed by atoms with E-state index in [0.29, 0.717) is 47.0 Å². The number of carbonyl (C=O) groups excluding carboxylic acids is 1. The molecule has 2 aromatic heterocycles. The maximum absolute atomic E-state index is 13.0. The van der Waals surface area contributed by atoms with Gasteiger partial charge in [0.15, 0.2) is 11.5 Å². The molecule has 0 unspecified atom stereocenters. The summed E-state index contributed by atoms with van der Waals surface area (Å²) in [7, 11) is 1.53. The molecule has 1 fully saturated rings. The maximum Gasteiger partial charge on any atom is 0.272 e. The minimum absolute atomic E-state index is 0.121. The monoisotopic (exact) mass is 438 g/mol. The van der Waals surface area contributed by atoms with Crippen LogP contribution in [0.4, 0.5) is 0 Å². The van der Waals surface area contributed by atoms with Crippen LogP contribution in [0.1, 0.15) is 40.6 Å². The van der Waals surface area contributed by atoms with Crippen LogP contribution in [0.5, 0.6) is 17.2 Å². The second-order valence-corrected chi connectivity index (χ2v) is 7.88. The Kier molecular flexibility index (Phi) is 6.32. The van der Waals surface area contributed by atoms with Gasteiger partial charge in [-0.3, -0.25) is 4.79 Å². The zero-order valence-corrected chi connectivity index (χ0v) is 18.2. The summed E-state index contributed by atoms with van der Waals surface area (Å²) in [5.41, 5.74) is 2.22. The lowest BCUT2D eigenvalue weighted by molar-refractivity contribution is 0.0705. The topological polar surface area (TPSA) is 77.4 Å². The van der Waals surface area contributed by atoms with Gasteiger partial charge in [0.05, 0.1) is 24.7 Å². The summed E-state index contributed by atoms with van der Waals surface area (Å²) in [6, 6.07) is 12.6. The third kappa shape index (κ3) is 4.94. The molecule has 3 aromatic rings. The molecule has 8 heteroatoms. The lowest BCUT2D eigenvalue weighted by Gasteiger charge is -2.31. The number of aryl methyl sites for hydroxylation is 1. The minimum Gasteiger partial charge on any atom is -0.493 e. The number of methoxy groups -OCH3 is 1. The third-order valence-electron chi connectivity index (χ3n) is 5.33. The molecule has 3 heterocycles. The van der Waals surface area contributed by atoms with Crippen molar-refractivity contribution in [3.63, 3.8) is 0 Å². The van der Waals surface area contributed by atoms with Gasteiger partial charge in [0.2, 0.25) is 0 Å². The predicted octanol–water partition coefficient (Wildman–Crippen LogP) is 4.65. The molecule has 0 atom stereocenters. The van der Waals surface area contributed by atoms with Crippen LogP contribution in [-0.2, 0) is 0 Å². The number of piperidine rings is 1. The first kappa shape index (κ1) is 21.1. The lowest BCUT2D eigenvalue weighted by atomic mass is 9.93. The van der Waals surface area contributed by atoms with Crippen molar-refractivity contribution in [1.29, 1.82) is 0 Å². The molecule has 0 saturated carbocycles. The van der Waals surface area contributed by atoms with Crippen LogP contribution < -0.4 is 9.47 Å². The molecule has 1 aromatic carbocycles. The Morgan fingerprint density at radius 3 is 2.45 bits per heavy atom. The van der Waals surface area contributed by atoms with Crippen LogP contribution in [0.25, 0.3) is 0 Å². The fourth-order valence-corrected chi connectivity index (χ4v) is 3.70. The largest absolute Gasteiger partial charge is 0.493 e. The van der Waals surface area contributed by atoms with E-state index >= 15 is 0 Å². The Morgan fingerprint density at radius 2 is 1.81 bits per heavy atom. The van der Waals surface area contributed by atoms with Gasteiger partial charge in [-0.05, 0) is 56.2 Å². The third-order valence-corrected chi connectivity index (χ3v) is 5.58. The van der Waals surface area contributed by atoms with Gasteiger partial charge in [-0.2, -0.15) is 10.2 Å². The van der Waals surface area contributed by atoms with Gasteiger partial charge >= 0.3 is 0 Å². The number of hydrogen-bond donors (Lipinski definition) is 0. The molecular weight excluding hydrogens is 416 g/mol. The number of likely N-dealkylation sites (tertiary alicyclic amines) is 1. The molecule has 31 heavy (non-hydrogen) atoms. The highest BCUT2D eigenvalue weighted by molar-refractivity contribution is 6.30. The highest BCUT2D eigenvalue weighted by atomic mass is 35.5. The zero-order valence-electron chi connectivity index (χ0n) is 17.4. The van der Waals surface area contributed by atoms with Crippen LogP contribution in [0.15, 0.2) is 48.7 Å². The van der Waals surface area contributed by atoms with Gasteiger partial charge in [-0.1, -0.05) is 11.6 Å². The number of pyridine rings is 1. The molecule has 7 nitrogen and oxygen atoms in total. The minimum atomic E-state index is -0.121. The molecule has 160 valence electrons. The summed E-state index contributed by atoms with van der Waals surface area (Å²) in [6.07, 6.45) is 3.20. The highest BCUT2D eigenvalue weighted by Crippen LogP contribution is 2.33. The number of carbonyl (C=O) groups is 1. The average Bonchev–Trinajstić information content (AvgIpc) is 2.81. The molecule has 0 N–H and O–H groups in total. The summed E-state index contributed by atoms with van der Waals surface area (Å²) >= 11 is 5.91. The van der Waals surface area contributed by atoms with E-state index in [-0.39, 0.29) is 5.91 Å². The quantitative estimate of drug-likeness (QED) is 0.576. The van der Waals surface area contributed by atoms with Crippen molar-refractivity contribution in [3.05, 3.63) is 70.8 Å². The number of ether oxygens (including phenoxy) is 2. The fourth-order valence-electron chi connectivity index (χ4n) is 3.57. The van der Waals surface area contributed by atoms with Crippen molar-refractivity contribution >= 4 is 17.5 Å². The second-order valence-electron chi connectivity index (χ2n) is 7.44. The van der Waals surface area contributed by atoms with E-state index in [1.165, 1.54) is 13.3 Å². The first-order chi connectivity index (χ1) is 15.0. The molecule has 0 bridgehead atoms. The molecular formula is C23H23ClN4O3. The predicted molar refractivity (Wildman–Crippen MR) is 117 cm³/mol. The van der Waals surface area contributed by atoms with Gasteiger partial charge in [-0.25, -0.2) is 4.98 Å². The van der Waals surface area contributed by atoms with Crippen molar-refractivity contribution < 1.29 is 14.3 Å². The van der Waals surface area contributed by atoms with Crippen molar-refractivity contribution in [2.24, 2.45) is 0 Å². The average molecular weight is 439 g/mol. The van der Waals surface area contributed by atoms with Crippen molar-refractivity contribution in [2.45, 2.75) is 25.7 Å². The van der Waals surface area contributed by atoms with Gasteiger partial charge in [0.25, 0.3) is 5.91 Å². The summed E-state index contributed by atoms with van der Waals surface area (Å²) < 4.78 is 11.3. The Labute approximate surface area is 186 Å². The van der Waals surface area contributed by atoms with Gasteiger partial charge in [0, 0.05) is 30.1 Å². The smallest absolute Gasteiger partial charge is 0.272 e. The molecule has 1 aliphatic rings. The molecule has 1 saturated heterocycles. The number of hydrogen-bond acceptors (Lipinski definition) is 6. The summed E-state index contributed by atoms with van der Waals surface area (Å²) in [5, 5.41) is 9.06. The SMILES string of the molecule is COc1cc(C(=O)N2CCC(c3ccc(C)nn3)CC2)ncc1Oc1ccc(Cl)cc1. The van der Waals surface area contributed by atoms with Crippen LogP contribution in [0, 0.1) is 6.92 Å². The van der Waals surface area contributed by atoms with Crippen LogP contribution in [-0.4, -0.2) is 46.2 Å². The summed E-state index contributed by atoms with van der Waals surface area (Å²) in [5.74, 6) is 1.67. The zero-order chi connectivity index (χ0) is 21.8. The molecule has 0 aliphatic carbocycles. The van der Waals surface area contributed by atoms with Gasteiger partial charge in [0.1, 0.15) is 11.4 Å². The first-order valence-electron chi connectivity index (χ1n) is 10.1. The number of aromatic nitrogens is 3. The normalized spacial score (nSPS) is 14.4. The molecule has 4 rings (SSSR count). The van der Waals surface area contributed by atoms with E-state index in [1.54, 1.807) is 30.3 Å². The first-order valence-corrected chi connectivity index (χ1v) is 10.5. The molecule has 0 radical (unpaired) electrons. The maximum atomic E-state index is 13.0. The fraction of sp³-hybridized carbons (Fsp3) is 0.304. The Balaban J connectivity index is 1.42. The second kappa shape index (κ2) is 9.31. The van der Waals surface area contributed by atoms with E-state index < -0.39 is 0 Å². The van der Waals surface area contributed by atoms with E-state index in [4.69, 9.17) is 21.1 Å². The van der Waals surface area contributed by atoms with E-state index in [1.807, 2.05) is 24.0 Å². The summed E-state index contributed by atoms with van der Waals surface area (Å²) in [4.78, 5) is 19.1. The van der Waals surface area contributed by atoms with Crippen molar-refractivity contribution in [1.82, 2.24) is 20.1 Å². The van der Waals surface area contributed by atoms with Crippen LogP contribution in [0.2, 0.25) is 5.02 Å². The molecule has 1 aliphatic heterocycles. The number of amides is 1. The van der Waals surface area contributed by atoms with E-state index in [2.05, 4.69) is 15.2 Å². The van der Waals surface area contributed by atoms with Crippen molar-refractivity contribution in [3.8, 4) is 17.2 Å². The number of halogens is 1. The number of rotatable bonds is 5. The lowest BCUT2D eigenvalue weighted by Crippen LogP contribution is -2.38. The van der Waals surface area contributed by atoms with Crippen LogP contribution >= 0.6 is 11.6 Å². The molecule has 1 amide bonds. The Morgan fingerprint density at radius 1 is 1.06 bits per heavy atom. The summed E-state index contributed by atoms with van der Waals surface area (Å²) in [6.45, 7) is 3.21. The number of benzene rings is 1. The standard InChI is InChI=1S/C23H23ClN4O3/c1-15-3-8-19(27-26-15)16-9-11-28(12-10-16)23(29)20-13-21(30-2)22(14-25-20)31-18-6-4-17(24)5-7-18/h3-8,13-14,16H,9-12H2,1-2H3. The number of nitrogens with zero attached hydrogens (tertiary/aromatic N) is 4. The van der Waals surface area contributed by atoms with Gasteiger partial charge in [-0.15, -0.1) is 0 Å². The molecule has 0 spiro atoms. The van der Waals surface area contributed by atoms with E-state index in [0.717, 1.165) is 24.2 Å². The Hall–Kier alpha value is -3.19. The van der Waals surface area contributed by atoms with E-state index in [9.17, 15) is 4.79 Å². The van der Waals surface area contributed by atoms with Crippen molar-refractivity contribution in [2.75, 3.05) is 20.2 Å². The highest BCUT2D eigenvalue weighted by Gasteiger charge is 2.27. The van der Waals surface area contributed by atoms with Crippen LogP contribution in [0.3, 0.4) is 0 Å². The Bertz CT molecular complexity index is 1050.